The van der Waals surface area contributed by atoms with E-state index in [2.05, 4.69) is 0 Å². The second kappa shape index (κ2) is 13.3. The lowest BCUT2D eigenvalue weighted by atomic mass is 9.92. The fourth-order valence-corrected chi connectivity index (χ4v) is 6.18. The van der Waals surface area contributed by atoms with E-state index in [1.54, 1.807) is 48.5 Å². The summed E-state index contributed by atoms with van der Waals surface area (Å²) in [4.78, 5) is 55.5. The van der Waals surface area contributed by atoms with Gasteiger partial charge in [-0.1, -0.05) is 114 Å². The highest BCUT2D eigenvalue weighted by atomic mass is 16.2. The molecule has 6 aromatic carbocycles. The van der Waals surface area contributed by atoms with Crippen LogP contribution in [0.25, 0.3) is 32.3 Å². The Labute approximate surface area is 269 Å². The zero-order valence-corrected chi connectivity index (χ0v) is 27.0. The van der Waals surface area contributed by atoms with Crippen molar-refractivity contribution in [3.8, 4) is 0 Å². The molecule has 1 aliphatic carbocycles. The summed E-state index contributed by atoms with van der Waals surface area (Å²) in [6.45, 7) is 12.0. The van der Waals surface area contributed by atoms with Crippen LogP contribution in [-0.4, -0.2) is 23.4 Å². The van der Waals surface area contributed by atoms with Crippen LogP contribution in [0.15, 0.2) is 109 Å². The molecule has 1 aliphatic heterocycles. The maximum atomic E-state index is 13.6. The number of nitrogens with zero attached hydrogens (tertiary/aromatic N) is 1. The molecule has 1 heterocycles. The van der Waals surface area contributed by atoms with Crippen molar-refractivity contribution in [2.24, 2.45) is 0 Å². The number of benzene rings is 6. The summed E-state index contributed by atoms with van der Waals surface area (Å²) in [6.07, 6.45) is 0. The van der Waals surface area contributed by atoms with Gasteiger partial charge in [0.05, 0.1) is 16.8 Å². The Bertz CT molecular complexity index is 2050. The zero-order valence-electron chi connectivity index (χ0n) is 27.0. The van der Waals surface area contributed by atoms with Gasteiger partial charge in [0.1, 0.15) is 5.92 Å². The van der Waals surface area contributed by atoms with Gasteiger partial charge in [-0.25, -0.2) is 4.90 Å². The van der Waals surface area contributed by atoms with Gasteiger partial charge in [0, 0.05) is 16.5 Å². The molecule has 2 aliphatic rings. The first kappa shape index (κ1) is 32.0. The number of anilines is 1. The Morgan fingerprint density at radius 2 is 0.848 bits per heavy atom. The molecule has 0 spiro atoms. The average molecular weight is 608 g/mol. The van der Waals surface area contributed by atoms with Crippen LogP contribution in [0.4, 0.5) is 5.69 Å². The number of hydrogen-bond acceptors (Lipinski definition) is 4. The van der Waals surface area contributed by atoms with E-state index in [1.807, 2.05) is 102 Å². The third kappa shape index (κ3) is 5.08. The number of carbonyl (C=O) groups excluding carboxylic acids is 4. The fraction of sp³-hybridized carbons (Fsp3) is 0.171. The molecule has 0 radical (unpaired) electrons. The average Bonchev–Trinajstić information content (AvgIpc) is 3.51. The van der Waals surface area contributed by atoms with E-state index >= 15 is 0 Å². The van der Waals surface area contributed by atoms with Crippen LogP contribution < -0.4 is 4.90 Å². The topological polar surface area (TPSA) is 71.5 Å². The van der Waals surface area contributed by atoms with E-state index in [1.165, 1.54) is 4.90 Å². The largest absolute Gasteiger partial charge is 0.293 e. The highest BCUT2D eigenvalue weighted by molar-refractivity contribution is 6.37. The van der Waals surface area contributed by atoms with E-state index in [-0.39, 0.29) is 11.6 Å². The zero-order chi connectivity index (χ0) is 33.1. The molecule has 0 bridgehead atoms. The van der Waals surface area contributed by atoms with Crippen molar-refractivity contribution in [1.29, 1.82) is 0 Å². The Morgan fingerprint density at radius 3 is 1.30 bits per heavy atom. The third-order valence-electron chi connectivity index (χ3n) is 8.15. The van der Waals surface area contributed by atoms with Crippen molar-refractivity contribution in [3.05, 3.63) is 137 Å². The molecule has 0 saturated heterocycles. The highest BCUT2D eigenvalue weighted by Gasteiger charge is 2.41. The van der Waals surface area contributed by atoms with Gasteiger partial charge in [-0.15, -0.1) is 0 Å². The molecule has 0 atom stereocenters. The lowest BCUT2D eigenvalue weighted by molar-refractivity contribution is 0.0884. The van der Waals surface area contributed by atoms with E-state index in [0.29, 0.717) is 38.9 Å². The number of carbonyl (C=O) groups is 4. The number of ketones is 2. The second-order valence-electron chi connectivity index (χ2n) is 10.4. The van der Waals surface area contributed by atoms with Crippen molar-refractivity contribution in [2.45, 2.75) is 47.5 Å². The minimum Gasteiger partial charge on any atom is -0.293 e. The van der Waals surface area contributed by atoms with E-state index in [0.717, 1.165) is 26.9 Å². The van der Waals surface area contributed by atoms with Gasteiger partial charge in [0.25, 0.3) is 11.8 Å². The number of Topliss-reactive ketones (excluding diaryl/α,β-unsaturated/α-hetero) is 2. The van der Waals surface area contributed by atoms with Crippen LogP contribution in [-0.2, 0) is 0 Å². The van der Waals surface area contributed by atoms with Crippen LogP contribution in [0.5, 0.6) is 0 Å². The first-order valence-corrected chi connectivity index (χ1v) is 16.0. The standard InChI is InChI=1S/C35H19NO4.3C2H6/c37-32-26-14-20-6-1-2-7-21(20)15-27(26)33(38)31(32)24-13-12-19-10-5-11-30(25(19)18-24)36-34(39)28-16-22-8-3-4-9-23(22)17-29(28)35(36)40;3*1-2/h1-18,31H;3*1-2H3. The van der Waals surface area contributed by atoms with Crippen molar-refractivity contribution >= 4 is 61.4 Å². The van der Waals surface area contributed by atoms with Crippen LogP contribution in [0.3, 0.4) is 0 Å². The smallest absolute Gasteiger partial charge is 0.266 e. The lowest BCUT2D eigenvalue weighted by Crippen LogP contribution is -2.29. The summed E-state index contributed by atoms with van der Waals surface area (Å²) in [5.74, 6) is -2.24. The molecule has 0 aromatic heterocycles. The minimum atomic E-state index is -0.975. The molecule has 6 aromatic rings. The molecule has 0 unspecified atom stereocenters. The van der Waals surface area contributed by atoms with Crippen molar-refractivity contribution < 1.29 is 19.2 Å². The minimum absolute atomic E-state index is 0.241. The predicted molar refractivity (Wildman–Crippen MR) is 188 cm³/mol. The van der Waals surface area contributed by atoms with Crippen LogP contribution >= 0.6 is 0 Å². The van der Waals surface area contributed by atoms with Gasteiger partial charge in [0.15, 0.2) is 11.6 Å². The summed E-state index contributed by atoms with van der Waals surface area (Å²) in [7, 11) is 0. The normalized spacial score (nSPS) is 13.5. The Kier molecular flexibility index (Phi) is 9.24. The van der Waals surface area contributed by atoms with Gasteiger partial charge in [0.2, 0.25) is 0 Å². The number of amides is 2. The molecule has 0 fully saturated rings. The van der Waals surface area contributed by atoms with Crippen molar-refractivity contribution in [2.75, 3.05) is 4.90 Å². The first-order chi connectivity index (χ1) is 22.5. The Morgan fingerprint density at radius 1 is 0.435 bits per heavy atom. The van der Waals surface area contributed by atoms with E-state index in [4.69, 9.17) is 0 Å². The summed E-state index contributed by atoms with van der Waals surface area (Å²) in [5.41, 5.74) is 2.54. The molecular formula is C41H37NO4. The van der Waals surface area contributed by atoms with Gasteiger partial charge >= 0.3 is 0 Å². The number of imide groups is 1. The molecule has 5 nitrogen and oxygen atoms in total. The molecule has 8 rings (SSSR count). The summed E-state index contributed by atoms with van der Waals surface area (Å²) in [5, 5.41) is 5.00. The Balaban J connectivity index is 0.000000658. The number of rotatable bonds is 2. The van der Waals surface area contributed by atoms with Crippen LogP contribution in [0, 0.1) is 0 Å². The maximum Gasteiger partial charge on any atom is 0.266 e. The second-order valence-corrected chi connectivity index (χ2v) is 10.4. The van der Waals surface area contributed by atoms with E-state index in [9.17, 15) is 19.2 Å². The molecule has 5 heteroatoms. The summed E-state index contributed by atoms with van der Waals surface area (Å²) >= 11 is 0. The molecule has 0 N–H and O–H groups in total. The van der Waals surface area contributed by atoms with Crippen LogP contribution in [0.2, 0.25) is 0 Å². The number of hydrogen-bond donors (Lipinski definition) is 0. The molecule has 230 valence electrons. The van der Waals surface area contributed by atoms with Gasteiger partial charge in [-0.3, -0.25) is 19.2 Å². The predicted octanol–water partition coefficient (Wildman–Crippen LogP) is 10.2. The quantitative estimate of drug-likeness (QED) is 0.145. The summed E-state index contributed by atoms with van der Waals surface area (Å²) < 4.78 is 0. The van der Waals surface area contributed by atoms with Gasteiger partial charge in [-0.2, -0.15) is 0 Å². The lowest BCUT2D eigenvalue weighted by Gasteiger charge is -2.18. The monoisotopic (exact) mass is 607 g/mol. The SMILES string of the molecule is CC.CC.CC.O=C1c2cc3ccccc3cc2C(=O)C1c1ccc2cccc(N3C(=O)c4cc5ccccc5cc4C3=O)c2c1. The molecule has 46 heavy (non-hydrogen) atoms. The van der Waals surface area contributed by atoms with Crippen LogP contribution in [0.1, 0.15) is 94.5 Å². The first-order valence-electron chi connectivity index (χ1n) is 16.0. The third-order valence-corrected chi connectivity index (χ3v) is 8.15. The van der Waals surface area contributed by atoms with Crippen molar-refractivity contribution in [3.63, 3.8) is 0 Å². The fourth-order valence-electron chi connectivity index (χ4n) is 6.18. The molecule has 0 saturated carbocycles. The van der Waals surface area contributed by atoms with Crippen molar-refractivity contribution in [1.82, 2.24) is 0 Å². The molecular weight excluding hydrogens is 570 g/mol. The van der Waals surface area contributed by atoms with Gasteiger partial charge < -0.3 is 0 Å². The summed E-state index contributed by atoms with van der Waals surface area (Å²) in [6, 6.07) is 33.2. The Hall–Kier alpha value is -5.42. The highest BCUT2D eigenvalue weighted by Crippen LogP contribution is 2.40. The van der Waals surface area contributed by atoms with Gasteiger partial charge in [-0.05, 0) is 68.9 Å². The van der Waals surface area contributed by atoms with E-state index < -0.39 is 17.7 Å². The maximum absolute atomic E-state index is 13.6. The molecule has 2 amide bonds. The number of fused-ring (bicyclic) bond motifs is 5.